The lowest BCUT2D eigenvalue weighted by atomic mass is 10.1. The number of hydrogen-bond donors (Lipinski definition) is 1. The van der Waals surface area contributed by atoms with Crippen molar-refractivity contribution in [2.75, 3.05) is 13.2 Å². The topological polar surface area (TPSA) is 60.2 Å². The molecule has 1 aliphatic rings. The van der Waals surface area contributed by atoms with Gasteiger partial charge in [-0.2, -0.15) is 4.98 Å². The van der Waals surface area contributed by atoms with E-state index in [0.29, 0.717) is 24.4 Å². The van der Waals surface area contributed by atoms with Gasteiger partial charge >= 0.3 is 0 Å². The van der Waals surface area contributed by atoms with Crippen LogP contribution < -0.4 is 5.32 Å². The smallest absolute Gasteiger partial charge is 0.240 e. The van der Waals surface area contributed by atoms with Gasteiger partial charge < -0.3 is 14.6 Å². The van der Waals surface area contributed by atoms with E-state index in [0.717, 1.165) is 38.3 Å². The molecule has 0 saturated carbocycles. The lowest BCUT2D eigenvalue weighted by Gasteiger charge is -2.07. The first-order valence-electron chi connectivity index (χ1n) is 6.40. The molecule has 1 fully saturated rings. The molecule has 5 heteroatoms. The van der Waals surface area contributed by atoms with Crippen LogP contribution in [0.15, 0.2) is 4.52 Å². The van der Waals surface area contributed by atoms with E-state index < -0.39 is 0 Å². The van der Waals surface area contributed by atoms with E-state index in [2.05, 4.69) is 29.3 Å². The van der Waals surface area contributed by atoms with Crippen LogP contribution in [0.4, 0.5) is 0 Å². The maximum Gasteiger partial charge on any atom is 0.240 e. The molecule has 1 aliphatic heterocycles. The number of aromatic nitrogens is 2. The average Bonchev–Trinajstić information content (AvgIpc) is 2.98. The van der Waals surface area contributed by atoms with Gasteiger partial charge in [-0.3, -0.25) is 0 Å². The molecule has 2 rings (SSSR count). The van der Waals surface area contributed by atoms with E-state index in [9.17, 15) is 0 Å². The van der Waals surface area contributed by atoms with Crippen LogP contribution in [0, 0.1) is 5.92 Å². The number of ether oxygens (including phenoxy) is 1. The highest BCUT2D eigenvalue weighted by Gasteiger charge is 2.19. The third kappa shape index (κ3) is 3.78. The van der Waals surface area contributed by atoms with Crippen LogP contribution in [0.1, 0.15) is 38.4 Å². The Morgan fingerprint density at radius 1 is 1.53 bits per heavy atom. The lowest BCUT2D eigenvalue weighted by molar-refractivity contribution is 0.185. The van der Waals surface area contributed by atoms with Gasteiger partial charge in [0, 0.05) is 25.7 Å². The second kappa shape index (κ2) is 6.12. The normalized spacial score (nSPS) is 21.9. The average molecular weight is 239 g/mol. The van der Waals surface area contributed by atoms with Gasteiger partial charge in [0.15, 0.2) is 5.82 Å². The fourth-order valence-electron chi connectivity index (χ4n) is 1.85. The first-order chi connectivity index (χ1) is 8.28. The molecule has 1 aromatic heterocycles. The maximum atomic E-state index is 5.33. The molecule has 0 bridgehead atoms. The first kappa shape index (κ1) is 12.5. The fraction of sp³-hybridized carbons (Fsp3) is 0.833. The van der Waals surface area contributed by atoms with Crippen LogP contribution in [0.3, 0.4) is 0 Å². The van der Waals surface area contributed by atoms with Crippen molar-refractivity contribution in [2.45, 2.75) is 45.7 Å². The summed E-state index contributed by atoms with van der Waals surface area (Å²) in [6.45, 7) is 6.65. The summed E-state index contributed by atoms with van der Waals surface area (Å²) in [5.41, 5.74) is 0. The van der Waals surface area contributed by atoms with Gasteiger partial charge in [0.2, 0.25) is 5.89 Å². The summed E-state index contributed by atoms with van der Waals surface area (Å²) in [5, 5.41) is 7.34. The van der Waals surface area contributed by atoms with E-state index >= 15 is 0 Å². The lowest BCUT2D eigenvalue weighted by Crippen LogP contribution is -2.24. The second-order valence-electron chi connectivity index (χ2n) is 4.73. The number of rotatable bonds is 6. The third-order valence-corrected chi connectivity index (χ3v) is 3.22. The molecule has 0 spiro atoms. The van der Waals surface area contributed by atoms with Gasteiger partial charge in [-0.15, -0.1) is 0 Å². The molecule has 17 heavy (non-hydrogen) atoms. The van der Waals surface area contributed by atoms with Crippen molar-refractivity contribution in [3.63, 3.8) is 0 Å². The second-order valence-corrected chi connectivity index (χ2v) is 4.73. The minimum atomic E-state index is 0.480. The molecule has 0 aliphatic carbocycles. The van der Waals surface area contributed by atoms with E-state index in [-0.39, 0.29) is 0 Å². The van der Waals surface area contributed by atoms with Gasteiger partial charge in [0.25, 0.3) is 0 Å². The van der Waals surface area contributed by atoms with Crippen molar-refractivity contribution < 1.29 is 9.26 Å². The zero-order chi connectivity index (χ0) is 12.1. The highest BCUT2D eigenvalue weighted by Crippen LogP contribution is 2.16. The van der Waals surface area contributed by atoms with Crippen LogP contribution in [0.2, 0.25) is 0 Å². The Morgan fingerprint density at radius 3 is 3.12 bits per heavy atom. The molecule has 96 valence electrons. The van der Waals surface area contributed by atoms with E-state index in [1.807, 2.05) is 0 Å². The maximum absolute atomic E-state index is 5.33. The highest BCUT2D eigenvalue weighted by atomic mass is 16.5. The molecular weight excluding hydrogens is 218 g/mol. The molecule has 0 radical (unpaired) electrons. The van der Waals surface area contributed by atoms with E-state index in [1.165, 1.54) is 0 Å². The summed E-state index contributed by atoms with van der Waals surface area (Å²) < 4.78 is 10.5. The van der Waals surface area contributed by atoms with Gasteiger partial charge in [0.05, 0.1) is 6.54 Å². The van der Waals surface area contributed by atoms with Crippen LogP contribution >= 0.6 is 0 Å². The number of nitrogens with one attached hydrogen (secondary N) is 1. The molecule has 1 N–H and O–H groups in total. The summed E-state index contributed by atoms with van der Waals surface area (Å²) >= 11 is 0. The number of hydrogen-bond acceptors (Lipinski definition) is 5. The minimum Gasteiger partial charge on any atom is -0.381 e. The summed E-state index contributed by atoms with van der Waals surface area (Å²) in [6, 6.07) is 0.480. The number of nitrogens with zero attached hydrogens (tertiary/aromatic N) is 2. The molecule has 0 aromatic carbocycles. The molecule has 2 atom stereocenters. The largest absolute Gasteiger partial charge is 0.381 e. The van der Waals surface area contributed by atoms with Gasteiger partial charge in [-0.25, -0.2) is 0 Å². The zero-order valence-corrected chi connectivity index (χ0v) is 10.6. The predicted molar refractivity (Wildman–Crippen MR) is 63.5 cm³/mol. The Hall–Kier alpha value is -0.940. The van der Waals surface area contributed by atoms with Crippen molar-refractivity contribution in [1.82, 2.24) is 15.5 Å². The molecule has 2 heterocycles. The Morgan fingerprint density at radius 2 is 2.41 bits per heavy atom. The van der Waals surface area contributed by atoms with Gasteiger partial charge in [-0.1, -0.05) is 12.1 Å². The SMILES string of the molecule is CCC(C)NCc1nc(CC2CCOC2)no1. The standard InChI is InChI=1S/C12H21N3O2/c1-3-9(2)13-7-12-14-11(15-17-12)6-10-4-5-16-8-10/h9-10,13H,3-8H2,1-2H3. The minimum absolute atomic E-state index is 0.480. The van der Waals surface area contributed by atoms with Crippen LogP contribution in [0.25, 0.3) is 0 Å². The molecule has 5 nitrogen and oxygen atoms in total. The quantitative estimate of drug-likeness (QED) is 0.816. The Bertz CT molecular complexity index is 334. The molecule has 0 amide bonds. The summed E-state index contributed by atoms with van der Waals surface area (Å²) in [4.78, 5) is 4.38. The van der Waals surface area contributed by atoms with Crippen molar-refractivity contribution >= 4 is 0 Å². The van der Waals surface area contributed by atoms with Gasteiger partial charge in [0.1, 0.15) is 0 Å². The summed E-state index contributed by atoms with van der Waals surface area (Å²) in [7, 11) is 0. The first-order valence-corrected chi connectivity index (χ1v) is 6.40. The fourth-order valence-corrected chi connectivity index (χ4v) is 1.85. The van der Waals surface area contributed by atoms with Crippen molar-refractivity contribution in [3.8, 4) is 0 Å². The monoisotopic (exact) mass is 239 g/mol. The van der Waals surface area contributed by atoms with Gasteiger partial charge in [-0.05, 0) is 25.7 Å². The van der Waals surface area contributed by atoms with E-state index in [1.54, 1.807) is 0 Å². The molecule has 1 aromatic rings. The predicted octanol–water partition coefficient (Wildman–Crippen LogP) is 1.54. The van der Waals surface area contributed by atoms with Crippen molar-refractivity contribution in [2.24, 2.45) is 5.92 Å². The van der Waals surface area contributed by atoms with Crippen molar-refractivity contribution in [1.29, 1.82) is 0 Å². The summed E-state index contributed by atoms with van der Waals surface area (Å²) in [5.74, 6) is 2.05. The Labute approximate surface area is 102 Å². The molecular formula is C12H21N3O2. The van der Waals surface area contributed by atoms with E-state index in [4.69, 9.17) is 9.26 Å². The van der Waals surface area contributed by atoms with Crippen LogP contribution in [-0.2, 0) is 17.7 Å². The zero-order valence-electron chi connectivity index (χ0n) is 10.6. The van der Waals surface area contributed by atoms with Crippen LogP contribution in [-0.4, -0.2) is 29.4 Å². The Kier molecular flexibility index (Phi) is 4.50. The summed E-state index contributed by atoms with van der Waals surface area (Å²) in [6.07, 6.45) is 3.07. The van der Waals surface area contributed by atoms with Crippen LogP contribution in [0.5, 0.6) is 0 Å². The third-order valence-electron chi connectivity index (χ3n) is 3.22. The molecule has 1 saturated heterocycles. The molecule has 2 unspecified atom stereocenters. The van der Waals surface area contributed by atoms with Crippen molar-refractivity contribution in [3.05, 3.63) is 11.7 Å². The highest BCUT2D eigenvalue weighted by molar-refractivity contribution is 4.89. The Balaban J connectivity index is 1.78.